The molecule has 40 heavy (non-hydrogen) atoms. The molecule has 2 aromatic rings. The molecule has 0 aliphatic carbocycles. The van der Waals surface area contributed by atoms with Crippen LogP contribution in [0.2, 0.25) is 0 Å². The van der Waals surface area contributed by atoms with Gasteiger partial charge in [-0.25, -0.2) is 4.79 Å². The van der Waals surface area contributed by atoms with Crippen LogP contribution in [0.4, 0.5) is 10.5 Å². The first kappa shape index (κ1) is 29.9. The molecule has 0 bridgehead atoms. The Balaban J connectivity index is 1.81. The summed E-state index contributed by atoms with van der Waals surface area (Å²) < 4.78 is 29.8. The molecule has 10 heteroatoms. The minimum Gasteiger partial charge on any atom is -0.460 e. The molecular formula is C30H38ClNO8. The normalized spacial score (nSPS) is 26.2. The largest absolute Gasteiger partial charge is 0.460 e. The molecule has 1 saturated heterocycles. The van der Waals surface area contributed by atoms with E-state index in [2.05, 4.69) is 0 Å². The molecule has 0 unspecified atom stereocenters. The van der Waals surface area contributed by atoms with Gasteiger partial charge in [0, 0.05) is 49.6 Å². The van der Waals surface area contributed by atoms with Crippen LogP contribution in [0.25, 0.3) is 10.8 Å². The van der Waals surface area contributed by atoms with Crippen molar-refractivity contribution in [3.8, 4) is 5.75 Å². The monoisotopic (exact) mass is 575 g/mol. The second-order valence-electron chi connectivity index (χ2n) is 11.4. The van der Waals surface area contributed by atoms with E-state index in [-0.39, 0.29) is 17.9 Å². The van der Waals surface area contributed by atoms with E-state index in [0.29, 0.717) is 30.3 Å². The van der Waals surface area contributed by atoms with Crippen LogP contribution in [0.5, 0.6) is 5.75 Å². The molecule has 2 aliphatic heterocycles. The third-order valence-corrected chi connectivity index (χ3v) is 7.56. The number of halogens is 1. The molecule has 0 saturated carbocycles. The number of anilines is 1. The molecular weight excluding hydrogens is 538 g/mol. The van der Waals surface area contributed by atoms with Crippen molar-refractivity contribution in [2.45, 2.75) is 91.0 Å². The molecule has 1 amide bonds. The summed E-state index contributed by atoms with van der Waals surface area (Å²) in [6, 6.07) is 9.46. The van der Waals surface area contributed by atoms with Gasteiger partial charge in [0.25, 0.3) is 0 Å². The second-order valence-corrected chi connectivity index (χ2v) is 11.7. The minimum absolute atomic E-state index is 0.110. The van der Waals surface area contributed by atoms with Gasteiger partial charge < -0.3 is 23.7 Å². The molecule has 2 heterocycles. The maximum Gasteiger partial charge on any atom is 0.414 e. The van der Waals surface area contributed by atoms with E-state index in [1.807, 2.05) is 58.9 Å². The van der Waals surface area contributed by atoms with Gasteiger partial charge in [0.15, 0.2) is 0 Å². The number of hydrogen-bond donors (Lipinski definition) is 0. The number of rotatable bonds is 6. The van der Waals surface area contributed by atoms with Gasteiger partial charge in [-0.2, -0.15) is 0 Å². The first-order chi connectivity index (χ1) is 18.8. The number of ether oxygens (including phenoxy) is 5. The Morgan fingerprint density at radius 3 is 2.25 bits per heavy atom. The lowest BCUT2D eigenvalue weighted by Crippen LogP contribution is -2.58. The minimum atomic E-state index is -1.07. The number of carbonyl (C=O) groups excluding carboxylic acids is 3. The number of benzene rings is 2. The number of esters is 2. The topological polar surface area (TPSA) is 101 Å². The van der Waals surface area contributed by atoms with Gasteiger partial charge in [-0.05, 0) is 38.1 Å². The fourth-order valence-corrected chi connectivity index (χ4v) is 5.79. The lowest BCUT2D eigenvalue weighted by atomic mass is 9.89. The van der Waals surface area contributed by atoms with E-state index in [1.165, 1.54) is 13.8 Å². The lowest BCUT2D eigenvalue weighted by molar-refractivity contribution is -0.266. The predicted molar refractivity (Wildman–Crippen MR) is 151 cm³/mol. The smallest absolute Gasteiger partial charge is 0.414 e. The van der Waals surface area contributed by atoms with Gasteiger partial charge in [-0.3, -0.25) is 14.5 Å². The standard InChI is InChI=1S/C30H38ClNO8/c1-8-23-16(2)26(36-17(3)33)27(37-18(4)34)28(38-23)39-24-13-22-25(21-12-10-9-11-20(21)24)19(14-31)15-32(22)29(35)40-30(5,6)7/h9-13,16,19,23,26-28H,8,14-15H2,1-7H3/t16-,19+,23+,26-,27+,28+/m0/s1. The maximum absolute atomic E-state index is 13.2. The van der Waals surface area contributed by atoms with Crippen molar-refractivity contribution in [1.29, 1.82) is 0 Å². The van der Waals surface area contributed by atoms with Crippen LogP contribution in [0.1, 0.15) is 66.4 Å². The van der Waals surface area contributed by atoms with E-state index in [4.69, 9.17) is 35.3 Å². The average Bonchev–Trinajstić information content (AvgIpc) is 3.25. The molecule has 0 aromatic heterocycles. The number of amides is 1. The summed E-state index contributed by atoms with van der Waals surface area (Å²) in [6.07, 6.45) is -3.03. The molecule has 0 N–H and O–H groups in total. The fourth-order valence-electron chi connectivity index (χ4n) is 5.53. The third-order valence-electron chi connectivity index (χ3n) is 7.18. The summed E-state index contributed by atoms with van der Waals surface area (Å²) in [5.74, 6) is -0.666. The number of carbonyl (C=O) groups is 3. The highest BCUT2D eigenvalue weighted by molar-refractivity contribution is 6.19. The van der Waals surface area contributed by atoms with Gasteiger partial charge in [-0.15, -0.1) is 11.6 Å². The number of fused-ring (bicyclic) bond motifs is 3. The van der Waals surface area contributed by atoms with Crippen LogP contribution in [0, 0.1) is 5.92 Å². The summed E-state index contributed by atoms with van der Waals surface area (Å²) >= 11 is 6.39. The zero-order valence-corrected chi connectivity index (χ0v) is 24.8. The maximum atomic E-state index is 13.2. The molecule has 218 valence electrons. The quantitative estimate of drug-likeness (QED) is 0.237. The third kappa shape index (κ3) is 6.15. The molecule has 0 spiro atoms. The number of alkyl halides is 1. The van der Waals surface area contributed by atoms with Crippen LogP contribution in [0.3, 0.4) is 0 Å². The average molecular weight is 576 g/mol. The second kappa shape index (κ2) is 11.8. The van der Waals surface area contributed by atoms with Crippen molar-refractivity contribution in [2.24, 2.45) is 5.92 Å². The zero-order valence-electron chi connectivity index (χ0n) is 24.1. The Bertz CT molecular complexity index is 1270. The predicted octanol–water partition coefficient (Wildman–Crippen LogP) is 5.93. The van der Waals surface area contributed by atoms with Gasteiger partial charge >= 0.3 is 18.0 Å². The Labute approximate surface area is 240 Å². The van der Waals surface area contributed by atoms with Crippen LogP contribution in [0.15, 0.2) is 30.3 Å². The van der Waals surface area contributed by atoms with E-state index >= 15 is 0 Å². The van der Waals surface area contributed by atoms with E-state index in [1.54, 1.807) is 11.0 Å². The molecule has 1 fully saturated rings. The summed E-state index contributed by atoms with van der Waals surface area (Å²) in [7, 11) is 0. The Kier molecular flexibility index (Phi) is 8.85. The van der Waals surface area contributed by atoms with E-state index in [9.17, 15) is 14.4 Å². The van der Waals surface area contributed by atoms with Crippen molar-refractivity contribution in [3.05, 3.63) is 35.9 Å². The lowest BCUT2D eigenvalue weighted by Gasteiger charge is -2.44. The van der Waals surface area contributed by atoms with Crippen LogP contribution in [-0.2, 0) is 28.5 Å². The Morgan fingerprint density at radius 2 is 1.68 bits per heavy atom. The van der Waals surface area contributed by atoms with Gasteiger partial charge in [-0.1, -0.05) is 38.1 Å². The first-order valence-electron chi connectivity index (χ1n) is 13.6. The van der Waals surface area contributed by atoms with Crippen molar-refractivity contribution in [1.82, 2.24) is 0 Å². The summed E-state index contributed by atoms with van der Waals surface area (Å²) in [4.78, 5) is 39.0. The molecule has 6 atom stereocenters. The number of nitrogens with zero attached hydrogens (tertiary/aromatic N) is 1. The van der Waals surface area contributed by atoms with Crippen LogP contribution < -0.4 is 9.64 Å². The van der Waals surface area contributed by atoms with Crippen molar-refractivity contribution in [3.63, 3.8) is 0 Å². The Morgan fingerprint density at radius 1 is 1.05 bits per heavy atom. The molecule has 9 nitrogen and oxygen atoms in total. The summed E-state index contributed by atoms with van der Waals surface area (Å²) in [5, 5.41) is 1.66. The molecule has 0 radical (unpaired) electrons. The highest BCUT2D eigenvalue weighted by atomic mass is 35.5. The van der Waals surface area contributed by atoms with Crippen molar-refractivity contribution >= 4 is 46.1 Å². The molecule has 2 aromatic carbocycles. The van der Waals surface area contributed by atoms with Crippen molar-refractivity contribution < 1.29 is 38.1 Å². The fraction of sp³-hybridized carbons (Fsp3) is 0.567. The van der Waals surface area contributed by atoms with Crippen LogP contribution in [-0.4, -0.2) is 60.7 Å². The highest BCUT2D eigenvalue weighted by Crippen LogP contribution is 2.47. The molecule has 2 aliphatic rings. The Hall–Kier alpha value is -3.04. The highest BCUT2D eigenvalue weighted by Gasteiger charge is 2.49. The first-order valence-corrected chi connectivity index (χ1v) is 14.2. The zero-order chi connectivity index (χ0) is 29.4. The molecule has 4 rings (SSSR count). The number of hydrogen-bond acceptors (Lipinski definition) is 8. The van der Waals surface area contributed by atoms with E-state index in [0.717, 1.165) is 16.3 Å². The van der Waals surface area contributed by atoms with Crippen LogP contribution >= 0.6 is 11.6 Å². The van der Waals surface area contributed by atoms with Crippen molar-refractivity contribution in [2.75, 3.05) is 17.3 Å². The SMILES string of the molecule is CC[C@H]1O[C@H](Oc2cc3c(c4ccccc24)[C@H](CCl)CN3C(=O)OC(C)(C)C)[C@H](OC(C)=O)[C@@H](OC(C)=O)[C@H]1C. The van der Waals surface area contributed by atoms with Gasteiger partial charge in [0.2, 0.25) is 12.4 Å². The summed E-state index contributed by atoms with van der Waals surface area (Å²) in [5.41, 5.74) is 0.880. The van der Waals surface area contributed by atoms with E-state index < -0.39 is 42.1 Å². The van der Waals surface area contributed by atoms with Gasteiger partial charge in [0.1, 0.15) is 17.5 Å². The summed E-state index contributed by atoms with van der Waals surface area (Å²) in [6.45, 7) is 12.3. The van der Waals surface area contributed by atoms with Gasteiger partial charge in [0.05, 0.1) is 11.8 Å².